The summed E-state index contributed by atoms with van der Waals surface area (Å²) in [6, 6.07) is 14.3. The maximum atomic E-state index is 12.3. The quantitative estimate of drug-likeness (QED) is 0.792. The Morgan fingerprint density at radius 2 is 1.79 bits per heavy atom. The maximum absolute atomic E-state index is 12.3. The van der Waals surface area contributed by atoms with Gasteiger partial charge in [0.05, 0.1) is 12.2 Å². The Labute approximate surface area is 141 Å². The highest BCUT2D eigenvalue weighted by Gasteiger charge is 2.37. The van der Waals surface area contributed by atoms with Gasteiger partial charge in [0, 0.05) is 18.8 Å². The topological polar surface area (TPSA) is 66.5 Å². The van der Waals surface area contributed by atoms with Gasteiger partial charge in [-0.3, -0.25) is 4.79 Å². The van der Waals surface area contributed by atoms with Crippen molar-refractivity contribution in [2.24, 2.45) is 5.92 Å². The van der Waals surface area contributed by atoms with Gasteiger partial charge in [-0.15, -0.1) is 0 Å². The van der Waals surface area contributed by atoms with Crippen molar-refractivity contribution in [3.05, 3.63) is 53.6 Å². The van der Waals surface area contributed by atoms with Gasteiger partial charge in [-0.2, -0.15) is 0 Å². The first-order chi connectivity index (χ1) is 11.4. The van der Waals surface area contributed by atoms with Crippen LogP contribution in [0.25, 0.3) is 11.1 Å². The van der Waals surface area contributed by atoms with E-state index in [1.54, 1.807) is 0 Å². The molecular weight excluding hydrogens is 324 g/mol. The molecule has 2 aromatic carbocycles. The molecule has 124 valence electrons. The molecule has 1 heterocycles. The molecule has 0 bridgehead atoms. The molecule has 1 saturated heterocycles. The SMILES string of the molecule is CS(=O)(=O)N1CC(C(=O)Nc2ccc3c(c2)Cc2ccccc2-3)C1. The minimum absolute atomic E-state index is 0.120. The van der Waals surface area contributed by atoms with E-state index in [9.17, 15) is 13.2 Å². The Kier molecular flexibility index (Phi) is 3.47. The van der Waals surface area contributed by atoms with Gasteiger partial charge in [0.25, 0.3) is 0 Å². The third kappa shape index (κ3) is 2.61. The van der Waals surface area contributed by atoms with Crippen LogP contribution < -0.4 is 5.32 Å². The Bertz CT molecular complexity index is 931. The summed E-state index contributed by atoms with van der Waals surface area (Å²) in [4.78, 5) is 12.3. The number of fused-ring (bicyclic) bond motifs is 3. The molecule has 0 spiro atoms. The van der Waals surface area contributed by atoms with E-state index in [4.69, 9.17) is 0 Å². The van der Waals surface area contributed by atoms with Crippen molar-refractivity contribution in [2.75, 3.05) is 24.7 Å². The molecule has 1 fully saturated rings. The molecule has 0 unspecified atom stereocenters. The average Bonchev–Trinajstić information content (AvgIpc) is 2.81. The van der Waals surface area contributed by atoms with Crippen LogP contribution >= 0.6 is 0 Å². The van der Waals surface area contributed by atoms with E-state index in [1.165, 1.54) is 32.8 Å². The van der Waals surface area contributed by atoms with Crippen LogP contribution in [0.3, 0.4) is 0 Å². The van der Waals surface area contributed by atoms with Gasteiger partial charge in [-0.05, 0) is 40.8 Å². The van der Waals surface area contributed by atoms with E-state index >= 15 is 0 Å². The van der Waals surface area contributed by atoms with E-state index in [0.29, 0.717) is 0 Å². The third-order valence-electron chi connectivity index (χ3n) is 4.75. The van der Waals surface area contributed by atoms with Gasteiger partial charge in [0.15, 0.2) is 0 Å². The molecule has 0 aromatic heterocycles. The van der Waals surface area contributed by atoms with Gasteiger partial charge in [0.1, 0.15) is 0 Å². The molecule has 6 heteroatoms. The first kappa shape index (κ1) is 15.4. The second kappa shape index (κ2) is 5.43. The molecule has 2 aliphatic rings. The van der Waals surface area contributed by atoms with Crippen LogP contribution in [0.15, 0.2) is 42.5 Å². The van der Waals surface area contributed by atoms with E-state index < -0.39 is 10.0 Å². The minimum Gasteiger partial charge on any atom is -0.326 e. The third-order valence-corrected chi connectivity index (χ3v) is 5.99. The lowest BCUT2D eigenvalue weighted by molar-refractivity contribution is -0.122. The highest BCUT2D eigenvalue weighted by Crippen LogP contribution is 2.37. The van der Waals surface area contributed by atoms with Gasteiger partial charge in [-0.25, -0.2) is 12.7 Å². The molecule has 1 aliphatic carbocycles. The zero-order chi connectivity index (χ0) is 16.9. The van der Waals surface area contributed by atoms with E-state index in [2.05, 4.69) is 17.4 Å². The summed E-state index contributed by atoms with van der Waals surface area (Å²) < 4.78 is 24.1. The van der Waals surface area contributed by atoms with Crippen molar-refractivity contribution >= 4 is 21.6 Å². The fourth-order valence-electron chi connectivity index (χ4n) is 3.34. The number of rotatable bonds is 3. The van der Waals surface area contributed by atoms with Crippen molar-refractivity contribution < 1.29 is 13.2 Å². The monoisotopic (exact) mass is 342 g/mol. The number of carbonyl (C=O) groups excluding carboxylic acids is 1. The standard InChI is InChI=1S/C18H18N2O3S/c1-24(22,23)20-10-14(11-20)18(21)19-15-6-7-17-13(9-15)8-12-4-2-3-5-16(12)17/h2-7,9,14H,8,10-11H2,1H3,(H,19,21). The van der Waals surface area contributed by atoms with Gasteiger partial charge in [0.2, 0.25) is 15.9 Å². The lowest BCUT2D eigenvalue weighted by atomic mass is 10.0. The summed E-state index contributed by atoms with van der Waals surface area (Å²) in [6.45, 7) is 0.530. The summed E-state index contributed by atoms with van der Waals surface area (Å²) in [5, 5.41) is 2.91. The molecule has 1 amide bonds. The number of anilines is 1. The van der Waals surface area contributed by atoms with Crippen molar-refractivity contribution in [2.45, 2.75) is 6.42 Å². The number of sulfonamides is 1. The summed E-state index contributed by atoms with van der Waals surface area (Å²) in [6.07, 6.45) is 2.04. The van der Waals surface area contributed by atoms with Gasteiger partial charge in [-0.1, -0.05) is 30.3 Å². The van der Waals surface area contributed by atoms with Crippen LogP contribution in [0.2, 0.25) is 0 Å². The number of nitrogens with zero attached hydrogens (tertiary/aromatic N) is 1. The first-order valence-electron chi connectivity index (χ1n) is 7.89. The van der Waals surface area contributed by atoms with Crippen LogP contribution in [0.4, 0.5) is 5.69 Å². The summed E-state index contributed by atoms with van der Waals surface area (Å²) in [7, 11) is -3.19. The van der Waals surface area contributed by atoms with Crippen LogP contribution in [0.1, 0.15) is 11.1 Å². The van der Waals surface area contributed by atoms with Crippen molar-refractivity contribution in [1.82, 2.24) is 4.31 Å². The van der Waals surface area contributed by atoms with Crippen molar-refractivity contribution in [3.8, 4) is 11.1 Å². The van der Waals surface area contributed by atoms with E-state index in [0.717, 1.165) is 12.1 Å². The predicted molar refractivity (Wildman–Crippen MR) is 93.2 cm³/mol. The Hall–Kier alpha value is -2.18. The maximum Gasteiger partial charge on any atom is 0.230 e. The summed E-state index contributed by atoms with van der Waals surface area (Å²) >= 11 is 0. The highest BCUT2D eigenvalue weighted by molar-refractivity contribution is 7.88. The number of amides is 1. The van der Waals surface area contributed by atoms with Crippen LogP contribution in [0, 0.1) is 5.92 Å². The largest absolute Gasteiger partial charge is 0.326 e. The van der Waals surface area contributed by atoms with Gasteiger partial charge < -0.3 is 5.32 Å². The second-order valence-electron chi connectivity index (χ2n) is 6.47. The molecule has 0 radical (unpaired) electrons. The molecule has 0 saturated carbocycles. The summed E-state index contributed by atoms with van der Waals surface area (Å²) in [5.74, 6) is -0.393. The van der Waals surface area contributed by atoms with E-state index in [-0.39, 0.29) is 24.9 Å². The zero-order valence-electron chi connectivity index (χ0n) is 13.3. The van der Waals surface area contributed by atoms with Crippen LogP contribution in [0.5, 0.6) is 0 Å². The van der Waals surface area contributed by atoms with E-state index in [1.807, 2.05) is 30.3 Å². The van der Waals surface area contributed by atoms with Crippen molar-refractivity contribution in [1.29, 1.82) is 0 Å². The van der Waals surface area contributed by atoms with Gasteiger partial charge >= 0.3 is 0 Å². The fourth-order valence-corrected chi connectivity index (χ4v) is 4.24. The summed E-state index contributed by atoms with van der Waals surface area (Å²) in [5.41, 5.74) is 5.76. The molecule has 0 atom stereocenters. The lowest BCUT2D eigenvalue weighted by Crippen LogP contribution is -2.53. The molecular formula is C18H18N2O3S. The number of hydrogen-bond donors (Lipinski definition) is 1. The number of benzene rings is 2. The average molecular weight is 342 g/mol. The molecule has 1 N–H and O–H groups in total. The highest BCUT2D eigenvalue weighted by atomic mass is 32.2. The molecule has 1 aliphatic heterocycles. The Balaban J connectivity index is 1.46. The molecule has 2 aromatic rings. The minimum atomic E-state index is -3.19. The van der Waals surface area contributed by atoms with Crippen LogP contribution in [-0.4, -0.2) is 38.0 Å². The molecule has 4 rings (SSSR count). The van der Waals surface area contributed by atoms with Crippen LogP contribution in [-0.2, 0) is 21.2 Å². The number of nitrogens with one attached hydrogen (secondary N) is 1. The Morgan fingerprint density at radius 3 is 2.54 bits per heavy atom. The normalized spacial score (nSPS) is 17.0. The second-order valence-corrected chi connectivity index (χ2v) is 8.45. The zero-order valence-corrected chi connectivity index (χ0v) is 14.1. The Morgan fingerprint density at radius 1 is 1.08 bits per heavy atom. The predicted octanol–water partition coefficient (Wildman–Crippen LogP) is 2.09. The first-order valence-corrected chi connectivity index (χ1v) is 9.74. The lowest BCUT2D eigenvalue weighted by Gasteiger charge is -2.35. The fraction of sp³-hybridized carbons (Fsp3) is 0.278. The van der Waals surface area contributed by atoms with Crippen molar-refractivity contribution in [3.63, 3.8) is 0 Å². The number of carbonyl (C=O) groups is 1. The molecule has 5 nitrogen and oxygen atoms in total. The smallest absolute Gasteiger partial charge is 0.230 e. The number of hydrogen-bond acceptors (Lipinski definition) is 3. The molecule has 24 heavy (non-hydrogen) atoms.